The number of aliphatic hydroxyl groups is 6. The summed E-state index contributed by atoms with van der Waals surface area (Å²) in [6.45, 7) is -0.0329. The minimum absolute atomic E-state index is 0.0228. The Hall–Kier alpha value is 1.16. The molecule has 0 aromatic rings. The second kappa shape index (κ2) is 17.6. The van der Waals surface area contributed by atoms with E-state index < -0.39 is 0 Å². The molecule has 0 bridgehead atoms. The largest absolute Gasteiger partial charge is 0.396 e. The Kier molecular flexibility index (Phi) is 18.4. The summed E-state index contributed by atoms with van der Waals surface area (Å²) in [5.74, 6) is 2.04. The van der Waals surface area contributed by atoms with Crippen molar-refractivity contribution in [3.8, 4) is 0 Å². The lowest BCUT2D eigenvalue weighted by molar-refractivity contribution is 0.275. The van der Waals surface area contributed by atoms with Crippen molar-refractivity contribution < 1.29 is 30.6 Å². The SMILES string of the molecule is OCCSC(CO)C(SCCO)C(SCCO)C(CO)SCCO. The van der Waals surface area contributed by atoms with Crippen molar-refractivity contribution >= 4 is 47.0 Å². The third-order valence-electron chi connectivity index (χ3n) is 3.07. The third-order valence-corrected chi connectivity index (χ3v) is 9.01. The molecule has 0 aromatic carbocycles. The predicted molar refractivity (Wildman–Crippen MR) is 107 cm³/mol. The van der Waals surface area contributed by atoms with E-state index in [0.29, 0.717) is 23.0 Å². The summed E-state index contributed by atoms with van der Waals surface area (Å²) in [7, 11) is 0. The Morgan fingerprint density at radius 3 is 1.00 bits per heavy atom. The molecule has 6 nitrogen and oxygen atoms in total. The molecule has 24 heavy (non-hydrogen) atoms. The molecule has 0 rings (SSSR count). The Bertz CT molecular complexity index is 252. The first-order chi connectivity index (χ1) is 11.7. The van der Waals surface area contributed by atoms with Gasteiger partial charge in [-0.15, -0.1) is 0 Å². The zero-order valence-electron chi connectivity index (χ0n) is 13.7. The maximum atomic E-state index is 9.78. The summed E-state index contributed by atoms with van der Waals surface area (Å²) in [5.41, 5.74) is 0. The van der Waals surface area contributed by atoms with Crippen LogP contribution in [-0.2, 0) is 0 Å². The van der Waals surface area contributed by atoms with E-state index in [-0.39, 0.29) is 60.6 Å². The van der Waals surface area contributed by atoms with Crippen LogP contribution in [0, 0.1) is 0 Å². The number of rotatable bonds is 17. The van der Waals surface area contributed by atoms with Gasteiger partial charge in [-0.05, 0) is 0 Å². The minimum atomic E-state index is -0.145. The van der Waals surface area contributed by atoms with Crippen molar-refractivity contribution in [3.05, 3.63) is 0 Å². The van der Waals surface area contributed by atoms with Gasteiger partial charge >= 0.3 is 0 Å². The Morgan fingerprint density at radius 2 is 0.750 bits per heavy atom. The third kappa shape index (κ3) is 10.3. The second-order valence-corrected chi connectivity index (χ2v) is 10.0. The highest BCUT2D eigenvalue weighted by Crippen LogP contribution is 2.38. The van der Waals surface area contributed by atoms with Gasteiger partial charge in [-0.1, -0.05) is 0 Å². The van der Waals surface area contributed by atoms with Gasteiger partial charge in [0.1, 0.15) is 0 Å². The predicted octanol–water partition coefficient (Wildman–Crippen LogP) is -0.653. The molecule has 0 aromatic heterocycles. The molecule has 10 heteroatoms. The number of hydrogen-bond acceptors (Lipinski definition) is 10. The maximum Gasteiger partial charge on any atom is 0.0561 e. The topological polar surface area (TPSA) is 121 Å². The molecule has 4 unspecified atom stereocenters. The van der Waals surface area contributed by atoms with E-state index in [9.17, 15) is 20.4 Å². The van der Waals surface area contributed by atoms with Crippen LogP contribution in [0.15, 0.2) is 0 Å². The van der Waals surface area contributed by atoms with Crippen molar-refractivity contribution in [1.29, 1.82) is 0 Å². The van der Waals surface area contributed by atoms with Crippen LogP contribution in [0.1, 0.15) is 0 Å². The van der Waals surface area contributed by atoms with Crippen LogP contribution in [0.4, 0.5) is 0 Å². The zero-order valence-corrected chi connectivity index (χ0v) is 17.0. The first-order valence-corrected chi connectivity index (χ1v) is 12.0. The second-order valence-electron chi connectivity index (χ2n) is 4.75. The fourth-order valence-corrected chi connectivity index (χ4v) is 7.59. The van der Waals surface area contributed by atoms with Gasteiger partial charge in [0.15, 0.2) is 0 Å². The van der Waals surface area contributed by atoms with Gasteiger partial charge in [0.25, 0.3) is 0 Å². The molecule has 6 N–H and O–H groups in total. The van der Waals surface area contributed by atoms with E-state index in [1.54, 1.807) is 0 Å². The number of aliphatic hydroxyl groups excluding tert-OH is 6. The molecule has 4 atom stereocenters. The maximum absolute atomic E-state index is 9.78. The van der Waals surface area contributed by atoms with E-state index in [1.807, 2.05) is 0 Å². The Morgan fingerprint density at radius 1 is 0.458 bits per heavy atom. The van der Waals surface area contributed by atoms with E-state index in [1.165, 1.54) is 47.0 Å². The standard InChI is InChI=1S/C14H30O6S4/c15-1-5-21-11(9-19)13(23-7-3-17)14(24-8-4-18)12(10-20)22-6-2-16/h11-20H,1-10H2. The summed E-state index contributed by atoms with van der Waals surface area (Å²) in [6.07, 6.45) is 0. The van der Waals surface area contributed by atoms with Crippen LogP contribution in [0.2, 0.25) is 0 Å². The van der Waals surface area contributed by atoms with Crippen molar-refractivity contribution in [1.82, 2.24) is 0 Å². The molecule has 0 heterocycles. The molecule has 0 aliphatic rings. The quantitative estimate of drug-likeness (QED) is 0.180. The number of thioether (sulfide) groups is 4. The zero-order chi connectivity index (χ0) is 18.2. The van der Waals surface area contributed by atoms with Crippen LogP contribution < -0.4 is 0 Å². The summed E-state index contributed by atoms with van der Waals surface area (Å²) in [5, 5.41) is 55.6. The molecular weight excluding hydrogens is 392 g/mol. The molecular formula is C14H30O6S4. The first-order valence-electron chi connectivity index (χ1n) is 7.81. The van der Waals surface area contributed by atoms with Gasteiger partial charge in [-0.25, -0.2) is 0 Å². The highest BCUT2D eigenvalue weighted by molar-refractivity contribution is 8.07. The lowest BCUT2D eigenvalue weighted by atomic mass is 10.1. The Labute approximate surface area is 161 Å². The van der Waals surface area contributed by atoms with Gasteiger partial charge in [0, 0.05) is 44.0 Å². The molecule has 0 saturated carbocycles. The molecule has 0 aliphatic heterocycles. The van der Waals surface area contributed by atoms with Crippen molar-refractivity contribution in [2.45, 2.75) is 21.0 Å². The van der Waals surface area contributed by atoms with Gasteiger partial charge < -0.3 is 30.6 Å². The molecule has 0 aliphatic carbocycles. The monoisotopic (exact) mass is 422 g/mol. The van der Waals surface area contributed by atoms with Crippen LogP contribution in [0.25, 0.3) is 0 Å². The van der Waals surface area contributed by atoms with Gasteiger partial charge in [-0.2, -0.15) is 47.0 Å². The van der Waals surface area contributed by atoms with E-state index in [2.05, 4.69) is 0 Å². The highest BCUT2D eigenvalue weighted by Gasteiger charge is 2.35. The molecule has 0 amide bonds. The van der Waals surface area contributed by atoms with Crippen LogP contribution in [0.5, 0.6) is 0 Å². The van der Waals surface area contributed by atoms with Crippen LogP contribution >= 0.6 is 47.0 Å². The van der Waals surface area contributed by atoms with Crippen molar-refractivity contribution in [3.63, 3.8) is 0 Å². The smallest absolute Gasteiger partial charge is 0.0561 e. The fourth-order valence-electron chi connectivity index (χ4n) is 2.12. The van der Waals surface area contributed by atoms with Gasteiger partial charge in [0.2, 0.25) is 0 Å². The van der Waals surface area contributed by atoms with Crippen molar-refractivity contribution in [2.75, 3.05) is 62.7 Å². The normalized spacial score (nSPS) is 16.8. The minimum Gasteiger partial charge on any atom is -0.396 e. The average molecular weight is 423 g/mol. The molecule has 146 valence electrons. The van der Waals surface area contributed by atoms with Crippen LogP contribution in [0.3, 0.4) is 0 Å². The Balaban J connectivity index is 5.24. The van der Waals surface area contributed by atoms with Crippen LogP contribution in [-0.4, -0.2) is 114 Å². The molecule has 0 fully saturated rings. The highest BCUT2D eigenvalue weighted by atomic mass is 32.2. The summed E-state index contributed by atoms with van der Waals surface area (Å²) in [6, 6.07) is 0. The van der Waals surface area contributed by atoms with Gasteiger partial charge in [0.05, 0.1) is 39.6 Å². The summed E-state index contributed by atoms with van der Waals surface area (Å²) in [4.78, 5) is 0. The lowest BCUT2D eigenvalue weighted by Gasteiger charge is -2.36. The van der Waals surface area contributed by atoms with Gasteiger partial charge in [-0.3, -0.25) is 0 Å². The molecule has 0 radical (unpaired) electrons. The molecule has 0 spiro atoms. The number of hydrogen-bond donors (Lipinski definition) is 6. The molecule has 0 saturated heterocycles. The fraction of sp³-hybridized carbons (Fsp3) is 1.00. The summed E-state index contributed by atoms with van der Waals surface area (Å²) < 4.78 is 0. The average Bonchev–Trinajstić information content (AvgIpc) is 2.61. The van der Waals surface area contributed by atoms with E-state index >= 15 is 0 Å². The van der Waals surface area contributed by atoms with E-state index in [4.69, 9.17) is 10.2 Å². The first kappa shape index (κ1) is 25.2. The van der Waals surface area contributed by atoms with E-state index in [0.717, 1.165) is 0 Å². The van der Waals surface area contributed by atoms with Crippen molar-refractivity contribution in [2.24, 2.45) is 0 Å². The summed E-state index contributed by atoms with van der Waals surface area (Å²) >= 11 is 6.03. The lowest BCUT2D eigenvalue weighted by Crippen LogP contribution is -2.42.